The van der Waals surface area contributed by atoms with Crippen LogP contribution in [0, 0.1) is 0 Å². The minimum absolute atomic E-state index is 0.849. The average molecular weight is 403 g/mol. The summed E-state index contributed by atoms with van der Waals surface area (Å²) in [5.74, 6) is 1.76. The first-order valence-corrected chi connectivity index (χ1v) is 10.9. The number of benzene rings is 5. The van der Waals surface area contributed by atoms with Crippen molar-refractivity contribution in [3.63, 3.8) is 0 Å². The third kappa shape index (κ3) is 2.77. The van der Waals surface area contributed by atoms with E-state index in [1.165, 1.54) is 31.3 Å². The van der Waals surface area contributed by atoms with Crippen LogP contribution in [0.2, 0.25) is 0 Å². The molecule has 6 aromatic rings. The molecule has 0 saturated heterocycles. The molecule has 5 aromatic carbocycles. The van der Waals surface area contributed by atoms with Crippen LogP contribution in [0.25, 0.3) is 42.1 Å². The summed E-state index contributed by atoms with van der Waals surface area (Å²) >= 11 is 1.85. The molecule has 1 nitrogen and oxygen atoms in total. The molecular weight excluding hydrogens is 384 g/mol. The van der Waals surface area contributed by atoms with Crippen molar-refractivity contribution in [3.05, 3.63) is 109 Å². The fourth-order valence-electron chi connectivity index (χ4n) is 4.18. The normalized spacial score (nSPS) is 11.3. The largest absolute Gasteiger partial charge is 0.456 e. The van der Waals surface area contributed by atoms with Gasteiger partial charge in [0.1, 0.15) is 11.5 Å². The molecule has 6 rings (SSSR count). The van der Waals surface area contributed by atoms with Gasteiger partial charge in [0.2, 0.25) is 0 Å². The highest BCUT2D eigenvalue weighted by Crippen LogP contribution is 2.46. The Morgan fingerprint density at radius 1 is 0.533 bits per heavy atom. The smallest absolute Gasteiger partial charge is 0.143 e. The number of hydrogen-bond donors (Lipinski definition) is 0. The fourth-order valence-corrected chi connectivity index (χ4v) is 5.31. The molecule has 142 valence electrons. The van der Waals surface area contributed by atoms with E-state index in [4.69, 9.17) is 4.74 Å². The Kier molecular flexibility index (Phi) is 4.03. The molecular formula is C28H18OS. The number of ether oxygens (including phenoxy) is 1. The first kappa shape index (κ1) is 17.3. The van der Waals surface area contributed by atoms with E-state index in [0.717, 1.165) is 22.3 Å². The van der Waals surface area contributed by atoms with Crippen molar-refractivity contribution < 1.29 is 4.74 Å². The van der Waals surface area contributed by atoms with Gasteiger partial charge in [0.25, 0.3) is 0 Å². The lowest BCUT2D eigenvalue weighted by Gasteiger charge is -2.16. The molecule has 0 saturated carbocycles. The van der Waals surface area contributed by atoms with Crippen molar-refractivity contribution in [1.82, 2.24) is 0 Å². The Morgan fingerprint density at radius 2 is 1.10 bits per heavy atom. The van der Waals surface area contributed by atoms with Crippen LogP contribution in [0.1, 0.15) is 0 Å². The number of hydrogen-bond acceptors (Lipinski definition) is 2. The summed E-state index contributed by atoms with van der Waals surface area (Å²) in [5, 5.41) is 5.98. The quantitative estimate of drug-likeness (QED) is 0.269. The van der Waals surface area contributed by atoms with Crippen molar-refractivity contribution in [2.45, 2.75) is 0 Å². The minimum atomic E-state index is 0.849. The molecule has 1 heterocycles. The Bertz CT molecular complexity index is 1420. The van der Waals surface area contributed by atoms with Gasteiger partial charge in [-0.25, -0.2) is 0 Å². The topological polar surface area (TPSA) is 9.23 Å². The van der Waals surface area contributed by atoms with Crippen LogP contribution in [0.15, 0.2) is 109 Å². The van der Waals surface area contributed by atoms with E-state index >= 15 is 0 Å². The van der Waals surface area contributed by atoms with Crippen LogP contribution in [-0.4, -0.2) is 0 Å². The molecule has 0 atom stereocenters. The van der Waals surface area contributed by atoms with Crippen molar-refractivity contribution in [1.29, 1.82) is 0 Å². The molecule has 0 unspecified atom stereocenters. The minimum Gasteiger partial charge on any atom is -0.456 e. The van der Waals surface area contributed by atoms with E-state index in [1.807, 2.05) is 41.7 Å². The lowest BCUT2D eigenvalue weighted by molar-refractivity contribution is 0.494. The predicted octanol–water partition coefficient (Wildman–Crippen LogP) is 8.67. The maximum absolute atomic E-state index is 6.46. The van der Waals surface area contributed by atoms with E-state index in [2.05, 4.69) is 78.9 Å². The maximum Gasteiger partial charge on any atom is 0.143 e. The fraction of sp³-hybridized carbons (Fsp3) is 0. The van der Waals surface area contributed by atoms with Gasteiger partial charge in [-0.2, -0.15) is 0 Å². The van der Waals surface area contributed by atoms with Crippen LogP contribution >= 0.6 is 11.3 Å². The number of rotatable bonds is 3. The molecule has 0 amide bonds. The van der Waals surface area contributed by atoms with E-state index in [1.54, 1.807) is 0 Å². The second-order valence-corrected chi connectivity index (χ2v) is 8.44. The molecule has 30 heavy (non-hydrogen) atoms. The second-order valence-electron chi connectivity index (χ2n) is 7.36. The molecule has 0 fully saturated rings. The third-order valence-corrected chi connectivity index (χ3v) is 6.65. The van der Waals surface area contributed by atoms with Crippen molar-refractivity contribution in [2.75, 3.05) is 0 Å². The number of para-hydroxylation sites is 1. The summed E-state index contributed by atoms with van der Waals surface area (Å²) in [5.41, 5.74) is 1.28. The Labute approximate surface area is 178 Å². The number of fused-ring (bicyclic) bond motifs is 3. The van der Waals surface area contributed by atoms with Gasteiger partial charge < -0.3 is 4.74 Å². The summed E-state index contributed by atoms with van der Waals surface area (Å²) in [6.07, 6.45) is 0. The Hall–Kier alpha value is -3.62. The highest BCUT2D eigenvalue weighted by Gasteiger charge is 2.18. The highest BCUT2D eigenvalue weighted by molar-refractivity contribution is 7.22. The predicted molar refractivity (Wildman–Crippen MR) is 129 cm³/mol. The van der Waals surface area contributed by atoms with Gasteiger partial charge in [0, 0.05) is 25.9 Å². The second kappa shape index (κ2) is 7.01. The molecule has 0 aliphatic heterocycles. The first-order chi connectivity index (χ1) is 14.9. The lowest BCUT2D eigenvalue weighted by Crippen LogP contribution is -1.91. The lowest BCUT2D eigenvalue weighted by atomic mass is 9.94. The molecule has 0 aliphatic rings. The van der Waals surface area contributed by atoms with Crippen molar-refractivity contribution >= 4 is 43.0 Å². The first-order valence-electron chi connectivity index (χ1n) is 10.0. The molecule has 2 heteroatoms. The van der Waals surface area contributed by atoms with Crippen LogP contribution in [0.3, 0.4) is 0 Å². The van der Waals surface area contributed by atoms with Gasteiger partial charge in [0.05, 0.1) is 0 Å². The van der Waals surface area contributed by atoms with Crippen LogP contribution < -0.4 is 4.74 Å². The summed E-state index contributed by atoms with van der Waals surface area (Å²) in [6.45, 7) is 0. The van der Waals surface area contributed by atoms with Crippen LogP contribution in [-0.2, 0) is 0 Å². The maximum atomic E-state index is 6.46. The van der Waals surface area contributed by atoms with Crippen molar-refractivity contribution in [2.24, 2.45) is 0 Å². The summed E-state index contributed by atoms with van der Waals surface area (Å²) < 4.78 is 7.77. The van der Waals surface area contributed by atoms with Gasteiger partial charge in [-0.15, -0.1) is 11.3 Å². The Balaban J connectivity index is 1.71. The summed E-state index contributed by atoms with van der Waals surface area (Å²) in [6, 6.07) is 38.1. The van der Waals surface area contributed by atoms with Gasteiger partial charge >= 0.3 is 0 Å². The van der Waals surface area contributed by atoms with Gasteiger partial charge in [-0.1, -0.05) is 84.9 Å². The average Bonchev–Trinajstić information content (AvgIpc) is 3.23. The van der Waals surface area contributed by atoms with Crippen LogP contribution in [0.4, 0.5) is 0 Å². The Morgan fingerprint density at radius 3 is 1.77 bits per heavy atom. The molecule has 0 N–H and O–H groups in total. The molecule has 1 aromatic heterocycles. The van der Waals surface area contributed by atoms with Crippen LogP contribution in [0.5, 0.6) is 11.5 Å². The molecule has 0 aliphatic carbocycles. The zero-order valence-corrected chi connectivity index (χ0v) is 17.0. The van der Waals surface area contributed by atoms with Gasteiger partial charge in [0.15, 0.2) is 0 Å². The van der Waals surface area contributed by atoms with E-state index in [9.17, 15) is 0 Å². The van der Waals surface area contributed by atoms with Gasteiger partial charge in [-0.05, 0) is 40.4 Å². The highest BCUT2D eigenvalue weighted by atomic mass is 32.1. The summed E-state index contributed by atoms with van der Waals surface area (Å²) in [7, 11) is 0. The van der Waals surface area contributed by atoms with E-state index in [0.29, 0.717) is 0 Å². The molecule has 0 bridgehead atoms. The monoisotopic (exact) mass is 402 g/mol. The van der Waals surface area contributed by atoms with E-state index < -0.39 is 0 Å². The standard InChI is InChI=1S/C28H18OS/c1-2-11-20(12-3-1)29-28-23-15-7-5-13-21(23)27(22-14-6-8-16-24(22)28)26-18-19-10-4-9-17-25(19)30-26/h1-18H. The SMILES string of the molecule is c1ccc(Oc2c3ccccc3c(-c3cc4ccccc4s3)c3ccccc23)cc1. The van der Waals surface area contributed by atoms with Crippen molar-refractivity contribution in [3.8, 4) is 21.9 Å². The molecule has 0 spiro atoms. The zero-order chi connectivity index (χ0) is 19.9. The number of thiophene rings is 1. The van der Waals surface area contributed by atoms with E-state index in [-0.39, 0.29) is 0 Å². The summed E-state index contributed by atoms with van der Waals surface area (Å²) in [4.78, 5) is 1.29. The zero-order valence-electron chi connectivity index (χ0n) is 16.2. The third-order valence-electron chi connectivity index (χ3n) is 5.52. The van der Waals surface area contributed by atoms with Gasteiger partial charge in [-0.3, -0.25) is 0 Å². The molecule has 0 radical (unpaired) electrons.